The molecule has 0 amide bonds. The molecular weight excluding hydrogens is 262 g/mol. The average molecular weight is 283 g/mol. The number of aryl methyl sites for hydroxylation is 1. The minimum Gasteiger partial charge on any atom is -0.381 e. The summed E-state index contributed by atoms with van der Waals surface area (Å²) in [6.07, 6.45) is 6.09. The molecule has 3 heteroatoms. The first kappa shape index (κ1) is 14.1. The third-order valence-electron chi connectivity index (χ3n) is 4.15. The van der Waals surface area contributed by atoms with Gasteiger partial charge in [-0.05, 0) is 31.2 Å². The van der Waals surface area contributed by atoms with Crippen LogP contribution < -0.4 is 5.43 Å². The Morgan fingerprint density at radius 2 is 1.86 bits per heavy atom. The van der Waals surface area contributed by atoms with Gasteiger partial charge in [-0.3, -0.25) is 4.79 Å². The van der Waals surface area contributed by atoms with E-state index in [0.29, 0.717) is 5.92 Å². The molecule has 0 unspecified atom stereocenters. The van der Waals surface area contributed by atoms with E-state index in [4.69, 9.17) is 4.74 Å². The maximum absolute atomic E-state index is 12.1. The Kier molecular flexibility index (Phi) is 4.20. The minimum absolute atomic E-state index is 0.0853. The molecule has 1 aromatic carbocycles. The van der Waals surface area contributed by atoms with Crippen LogP contribution in [-0.2, 0) is 11.3 Å². The number of hydrogen-bond acceptors (Lipinski definition) is 2. The Labute approximate surface area is 125 Å². The van der Waals surface area contributed by atoms with Gasteiger partial charge in [0.2, 0.25) is 0 Å². The van der Waals surface area contributed by atoms with E-state index in [9.17, 15) is 4.79 Å². The van der Waals surface area contributed by atoms with Crippen LogP contribution in [0.3, 0.4) is 0 Å². The Balaban J connectivity index is 1.85. The zero-order chi connectivity index (χ0) is 14.7. The molecule has 1 aromatic heterocycles. The third-order valence-corrected chi connectivity index (χ3v) is 4.15. The first-order chi connectivity index (χ1) is 10.2. The molecular formula is C18H21NO2. The highest BCUT2D eigenvalue weighted by molar-refractivity contribution is 5.62. The van der Waals surface area contributed by atoms with Crippen LogP contribution in [0.2, 0.25) is 0 Å². The molecule has 1 saturated heterocycles. The van der Waals surface area contributed by atoms with Crippen molar-refractivity contribution in [2.75, 3.05) is 13.2 Å². The molecule has 2 aromatic rings. The van der Waals surface area contributed by atoms with Crippen molar-refractivity contribution in [3.63, 3.8) is 0 Å². The number of benzene rings is 1. The fourth-order valence-corrected chi connectivity index (χ4v) is 2.82. The molecule has 2 heterocycles. The molecule has 0 spiro atoms. The first-order valence-electron chi connectivity index (χ1n) is 7.57. The summed E-state index contributed by atoms with van der Waals surface area (Å²) in [7, 11) is 0. The molecule has 0 radical (unpaired) electrons. The maximum atomic E-state index is 12.1. The van der Waals surface area contributed by atoms with Crippen molar-refractivity contribution in [2.45, 2.75) is 26.3 Å². The van der Waals surface area contributed by atoms with Crippen molar-refractivity contribution in [3.05, 3.63) is 58.5 Å². The van der Waals surface area contributed by atoms with Crippen LogP contribution in [0, 0.1) is 12.8 Å². The number of pyridine rings is 1. The Morgan fingerprint density at radius 3 is 2.57 bits per heavy atom. The largest absolute Gasteiger partial charge is 0.381 e. The molecule has 1 fully saturated rings. The quantitative estimate of drug-likeness (QED) is 0.866. The summed E-state index contributed by atoms with van der Waals surface area (Å²) in [5.74, 6) is 0.645. The van der Waals surface area contributed by atoms with Crippen molar-refractivity contribution in [2.24, 2.45) is 5.92 Å². The number of aromatic nitrogens is 1. The smallest absolute Gasteiger partial charge is 0.189 e. The van der Waals surface area contributed by atoms with Gasteiger partial charge < -0.3 is 9.30 Å². The highest BCUT2D eigenvalue weighted by atomic mass is 16.5. The summed E-state index contributed by atoms with van der Waals surface area (Å²) in [5, 5.41) is 0. The molecule has 3 rings (SSSR count). The fourth-order valence-electron chi connectivity index (χ4n) is 2.82. The zero-order valence-corrected chi connectivity index (χ0v) is 12.4. The lowest BCUT2D eigenvalue weighted by Crippen LogP contribution is -2.21. The van der Waals surface area contributed by atoms with Gasteiger partial charge in [0, 0.05) is 43.8 Å². The van der Waals surface area contributed by atoms with Gasteiger partial charge in [0.1, 0.15) is 0 Å². The molecule has 0 bridgehead atoms. The van der Waals surface area contributed by atoms with Crippen LogP contribution >= 0.6 is 0 Å². The lowest BCUT2D eigenvalue weighted by atomic mass is 10.00. The van der Waals surface area contributed by atoms with Crippen LogP contribution in [0.1, 0.15) is 18.4 Å². The highest BCUT2D eigenvalue weighted by Gasteiger charge is 2.14. The number of nitrogens with zero attached hydrogens (tertiary/aromatic N) is 1. The summed E-state index contributed by atoms with van der Waals surface area (Å²) >= 11 is 0. The second kappa shape index (κ2) is 6.27. The molecule has 0 saturated carbocycles. The van der Waals surface area contributed by atoms with Crippen molar-refractivity contribution < 1.29 is 4.74 Å². The van der Waals surface area contributed by atoms with Crippen molar-refractivity contribution in [1.82, 2.24) is 4.57 Å². The molecule has 1 aliphatic heterocycles. The van der Waals surface area contributed by atoms with Gasteiger partial charge in [0.15, 0.2) is 5.43 Å². The monoisotopic (exact) mass is 283 g/mol. The van der Waals surface area contributed by atoms with E-state index in [1.165, 1.54) is 5.56 Å². The lowest BCUT2D eigenvalue weighted by molar-refractivity contribution is 0.0612. The zero-order valence-electron chi connectivity index (χ0n) is 12.4. The van der Waals surface area contributed by atoms with Gasteiger partial charge in [0.05, 0.1) is 0 Å². The van der Waals surface area contributed by atoms with E-state index >= 15 is 0 Å². The summed E-state index contributed by atoms with van der Waals surface area (Å²) in [5.41, 5.74) is 3.07. The highest BCUT2D eigenvalue weighted by Crippen LogP contribution is 2.19. The second-order valence-corrected chi connectivity index (χ2v) is 5.84. The number of rotatable bonds is 3. The predicted octanol–water partition coefficient (Wildman–Crippen LogP) is 3.25. The van der Waals surface area contributed by atoms with Gasteiger partial charge in [-0.1, -0.05) is 29.8 Å². The third kappa shape index (κ3) is 3.42. The first-order valence-corrected chi connectivity index (χ1v) is 7.57. The standard InChI is InChI=1S/C18H21NO2/c1-14-2-4-16(5-3-14)17-13-19(9-6-18(17)20)12-15-7-10-21-11-8-15/h2-6,9,13,15H,7-8,10-12H2,1H3. The average Bonchev–Trinajstić information content (AvgIpc) is 2.51. The molecule has 0 N–H and O–H groups in total. The fraction of sp³-hybridized carbons (Fsp3) is 0.389. The van der Waals surface area contributed by atoms with Crippen molar-refractivity contribution in [3.8, 4) is 11.1 Å². The Hall–Kier alpha value is -1.87. The van der Waals surface area contributed by atoms with E-state index in [2.05, 4.69) is 11.5 Å². The molecule has 1 aliphatic rings. The van der Waals surface area contributed by atoms with Crippen LogP contribution in [0.4, 0.5) is 0 Å². The van der Waals surface area contributed by atoms with E-state index in [1.807, 2.05) is 36.7 Å². The maximum Gasteiger partial charge on any atom is 0.189 e. The Morgan fingerprint density at radius 1 is 1.14 bits per heavy atom. The van der Waals surface area contributed by atoms with Gasteiger partial charge in [-0.15, -0.1) is 0 Å². The van der Waals surface area contributed by atoms with Crippen LogP contribution in [-0.4, -0.2) is 17.8 Å². The van der Waals surface area contributed by atoms with Crippen LogP contribution in [0.15, 0.2) is 47.5 Å². The summed E-state index contributed by atoms with van der Waals surface area (Å²) in [6, 6.07) is 9.80. The van der Waals surface area contributed by atoms with Gasteiger partial charge in [-0.2, -0.15) is 0 Å². The molecule has 0 aliphatic carbocycles. The van der Waals surface area contributed by atoms with E-state index in [1.54, 1.807) is 6.07 Å². The lowest BCUT2D eigenvalue weighted by Gasteiger charge is -2.23. The van der Waals surface area contributed by atoms with E-state index in [0.717, 1.165) is 43.7 Å². The second-order valence-electron chi connectivity index (χ2n) is 5.84. The number of ether oxygens (including phenoxy) is 1. The van der Waals surface area contributed by atoms with Crippen LogP contribution in [0.5, 0.6) is 0 Å². The normalized spacial score (nSPS) is 16.0. The van der Waals surface area contributed by atoms with Crippen LogP contribution in [0.25, 0.3) is 11.1 Å². The van der Waals surface area contributed by atoms with E-state index in [-0.39, 0.29) is 5.43 Å². The molecule has 21 heavy (non-hydrogen) atoms. The number of hydrogen-bond donors (Lipinski definition) is 0. The van der Waals surface area contributed by atoms with Gasteiger partial charge in [-0.25, -0.2) is 0 Å². The summed E-state index contributed by atoms with van der Waals surface area (Å²) in [6.45, 7) is 4.73. The van der Waals surface area contributed by atoms with Crippen molar-refractivity contribution >= 4 is 0 Å². The molecule has 0 atom stereocenters. The van der Waals surface area contributed by atoms with Gasteiger partial charge in [0.25, 0.3) is 0 Å². The van der Waals surface area contributed by atoms with Crippen molar-refractivity contribution in [1.29, 1.82) is 0 Å². The topological polar surface area (TPSA) is 31.2 Å². The Bertz CT molecular complexity index is 652. The predicted molar refractivity (Wildman–Crippen MR) is 84.4 cm³/mol. The minimum atomic E-state index is 0.0853. The van der Waals surface area contributed by atoms with E-state index < -0.39 is 0 Å². The summed E-state index contributed by atoms with van der Waals surface area (Å²) in [4.78, 5) is 12.1. The SMILES string of the molecule is Cc1ccc(-c2cn(CC3CCOCC3)ccc2=O)cc1. The molecule has 110 valence electrons. The van der Waals surface area contributed by atoms with Gasteiger partial charge >= 0.3 is 0 Å². The summed E-state index contributed by atoms with van der Waals surface area (Å²) < 4.78 is 7.55. The molecule has 3 nitrogen and oxygen atoms in total.